The molecule has 1 aliphatic rings. The van der Waals surface area contributed by atoms with Gasteiger partial charge in [0, 0.05) is 51.0 Å². The van der Waals surface area contributed by atoms with Crippen LogP contribution in [0.5, 0.6) is 0 Å². The Morgan fingerprint density at radius 3 is 2.48 bits per heavy atom. The summed E-state index contributed by atoms with van der Waals surface area (Å²) >= 11 is 0. The molecule has 1 aliphatic heterocycles. The number of hydrogen-bond donors (Lipinski definition) is 2. The van der Waals surface area contributed by atoms with Crippen molar-refractivity contribution in [1.82, 2.24) is 20.5 Å². The van der Waals surface area contributed by atoms with Crippen molar-refractivity contribution < 1.29 is 9.21 Å². The van der Waals surface area contributed by atoms with E-state index in [9.17, 15) is 4.79 Å². The second kappa shape index (κ2) is 8.53. The highest BCUT2D eigenvalue weighted by Gasteiger charge is 2.16. The van der Waals surface area contributed by atoms with Crippen LogP contribution in [0.15, 0.2) is 41.3 Å². The zero-order valence-electron chi connectivity index (χ0n) is 14.6. The molecule has 25 heavy (non-hydrogen) atoms. The Balaban J connectivity index is 1.42. The van der Waals surface area contributed by atoms with E-state index >= 15 is 0 Å². The third kappa shape index (κ3) is 4.96. The van der Waals surface area contributed by atoms with Gasteiger partial charge in [-0.25, -0.2) is 9.78 Å². The maximum absolute atomic E-state index is 11.8. The van der Waals surface area contributed by atoms with Crippen LogP contribution in [0.1, 0.15) is 18.1 Å². The van der Waals surface area contributed by atoms with E-state index in [0.29, 0.717) is 13.1 Å². The minimum absolute atomic E-state index is 0.207. The minimum Gasteiger partial charge on any atom is -0.472 e. The van der Waals surface area contributed by atoms with Gasteiger partial charge in [0.2, 0.25) is 0 Å². The maximum Gasteiger partial charge on any atom is 0.315 e. The molecule has 0 aromatic carbocycles. The number of piperazine rings is 1. The van der Waals surface area contributed by atoms with Gasteiger partial charge in [0.25, 0.3) is 0 Å². The molecule has 2 aromatic heterocycles. The molecule has 0 aliphatic carbocycles. The lowest BCUT2D eigenvalue weighted by Crippen LogP contribution is -2.46. The number of hydrogen-bond acceptors (Lipinski definition) is 5. The molecule has 0 saturated carbocycles. The van der Waals surface area contributed by atoms with E-state index in [-0.39, 0.29) is 6.03 Å². The van der Waals surface area contributed by atoms with Crippen molar-refractivity contribution in [2.75, 3.05) is 37.6 Å². The monoisotopic (exact) mass is 343 g/mol. The fourth-order valence-corrected chi connectivity index (χ4v) is 2.82. The lowest BCUT2D eigenvalue weighted by atomic mass is 10.2. The highest BCUT2D eigenvalue weighted by molar-refractivity contribution is 5.73. The summed E-state index contributed by atoms with van der Waals surface area (Å²) < 4.78 is 4.96. The molecule has 0 unspecified atom stereocenters. The van der Waals surface area contributed by atoms with Gasteiger partial charge in [0.1, 0.15) is 5.82 Å². The van der Waals surface area contributed by atoms with Crippen LogP contribution in [0.3, 0.4) is 0 Å². The fourth-order valence-electron chi connectivity index (χ4n) is 2.82. The molecule has 3 heterocycles. The Kier molecular flexibility index (Phi) is 5.90. The largest absolute Gasteiger partial charge is 0.472 e. The number of amides is 2. The normalized spacial score (nSPS) is 15.2. The van der Waals surface area contributed by atoms with Gasteiger partial charge in [-0.1, -0.05) is 13.0 Å². The topological polar surface area (TPSA) is 73.6 Å². The van der Waals surface area contributed by atoms with Crippen molar-refractivity contribution in [3.63, 3.8) is 0 Å². The summed E-state index contributed by atoms with van der Waals surface area (Å²) in [7, 11) is 0. The van der Waals surface area contributed by atoms with E-state index in [1.54, 1.807) is 12.5 Å². The zero-order valence-corrected chi connectivity index (χ0v) is 14.6. The number of urea groups is 1. The molecule has 2 N–H and O–H groups in total. The predicted molar refractivity (Wildman–Crippen MR) is 96.3 cm³/mol. The maximum atomic E-state index is 11.8. The number of likely N-dealkylation sites (N-methyl/N-ethyl adjacent to an activating group) is 1. The van der Waals surface area contributed by atoms with Crippen LogP contribution in [-0.2, 0) is 13.1 Å². The third-order valence-electron chi connectivity index (χ3n) is 4.44. The van der Waals surface area contributed by atoms with E-state index in [1.165, 1.54) is 0 Å². The average molecular weight is 343 g/mol. The first-order valence-electron chi connectivity index (χ1n) is 8.69. The van der Waals surface area contributed by atoms with Crippen LogP contribution in [0, 0.1) is 0 Å². The van der Waals surface area contributed by atoms with Crippen molar-refractivity contribution in [3.05, 3.63) is 48.0 Å². The molecule has 0 radical (unpaired) electrons. The van der Waals surface area contributed by atoms with E-state index in [1.807, 2.05) is 24.4 Å². The lowest BCUT2D eigenvalue weighted by Gasteiger charge is -2.34. The van der Waals surface area contributed by atoms with Gasteiger partial charge in [-0.3, -0.25) is 0 Å². The number of carbonyl (C=O) groups excluding carboxylic acids is 1. The van der Waals surface area contributed by atoms with Gasteiger partial charge >= 0.3 is 6.03 Å². The SMILES string of the molecule is CCN1CCN(c2ccc(CNC(=O)NCc3ccoc3)cn2)CC1. The van der Waals surface area contributed by atoms with Gasteiger partial charge < -0.3 is 24.9 Å². The van der Waals surface area contributed by atoms with Gasteiger partial charge in [-0.2, -0.15) is 0 Å². The highest BCUT2D eigenvalue weighted by Crippen LogP contribution is 2.14. The van der Waals surface area contributed by atoms with Crippen LogP contribution in [0.4, 0.5) is 10.6 Å². The van der Waals surface area contributed by atoms with Crippen molar-refractivity contribution in [1.29, 1.82) is 0 Å². The number of nitrogens with zero attached hydrogens (tertiary/aromatic N) is 3. The molecule has 3 rings (SSSR count). The summed E-state index contributed by atoms with van der Waals surface area (Å²) in [4.78, 5) is 21.1. The number of rotatable bonds is 6. The van der Waals surface area contributed by atoms with Crippen LogP contribution >= 0.6 is 0 Å². The Hall–Kier alpha value is -2.54. The van der Waals surface area contributed by atoms with Gasteiger partial charge in [0.05, 0.1) is 12.5 Å². The van der Waals surface area contributed by atoms with Gasteiger partial charge in [0.15, 0.2) is 0 Å². The quantitative estimate of drug-likeness (QED) is 0.837. The molecule has 0 bridgehead atoms. The van der Waals surface area contributed by atoms with Gasteiger partial charge in [-0.15, -0.1) is 0 Å². The standard InChI is InChI=1S/C18H25N5O2/c1-2-22-6-8-23(9-7-22)17-4-3-15(11-19-17)12-20-18(24)21-13-16-5-10-25-14-16/h3-5,10-11,14H,2,6-9,12-13H2,1H3,(H2,20,21,24). The summed E-state index contributed by atoms with van der Waals surface area (Å²) in [5.41, 5.74) is 1.92. The molecule has 7 heteroatoms. The third-order valence-corrected chi connectivity index (χ3v) is 4.44. The number of aromatic nitrogens is 1. The summed E-state index contributed by atoms with van der Waals surface area (Å²) in [5.74, 6) is 1.00. The molecule has 134 valence electrons. The fraction of sp³-hybridized carbons (Fsp3) is 0.444. The molecule has 2 aromatic rings. The Labute approximate surface area is 148 Å². The first-order valence-corrected chi connectivity index (χ1v) is 8.69. The van der Waals surface area contributed by atoms with Crippen LogP contribution in [-0.4, -0.2) is 48.6 Å². The second-order valence-corrected chi connectivity index (χ2v) is 6.11. The molecule has 1 saturated heterocycles. The number of carbonyl (C=O) groups is 1. The molecule has 7 nitrogen and oxygen atoms in total. The first-order chi connectivity index (χ1) is 12.2. The summed E-state index contributed by atoms with van der Waals surface area (Å²) in [5, 5.41) is 5.62. The van der Waals surface area contributed by atoms with Crippen molar-refractivity contribution >= 4 is 11.8 Å². The Bertz CT molecular complexity index is 649. The summed E-state index contributed by atoms with van der Waals surface area (Å²) in [6, 6.07) is 5.66. The van der Waals surface area contributed by atoms with E-state index in [4.69, 9.17) is 4.42 Å². The second-order valence-electron chi connectivity index (χ2n) is 6.11. The molecule has 0 spiro atoms. The van der Waals surface area contributed by atoms with Crippen molar-refractivity contribution in [2.24, 2.45) is 0 Å². The van der Waals surface area contributed by atoms with E-state index < -0.39 is 0 Å². The predicted octanol–water partition coefficient (Wildman–Crippen LogP) is 1.82. The summed E-state index contributed by atoms with van der Waals surface area (Å²) in [6.45, 7) is 8.38. The first kappa shape index (κ1) is 17.3. The average Bonchev–Trinajstić information content (AvgIpc) is 3.19. The Morgan fingerprint density at radius 2 is 1.88 bits per heavy atom. The Morgan fingerprint density at radius 1 is 1.12 bits per heavy atom. The number of anilines is 1. The smallest absolute Gasteiger partial charge is 0.315 e. The molecule has 1 fully saturated rings. The van der Waals surface area contributed by atoms with Crippen molar-refractivity contribution in [3.8, 4) is 0 Å². The van der Waals surface area contributed by atoms with Crippen LogP contribution in [0.2, 0.25) is 0 Å². The zero-order chi connectivity index (χ0) is 17.5. The molecule has 0 atom stereocenters. The minimum atomic E-state index is -0.207. The van der Waals surface area contributed by atoms with Crippen molar-refractivity contribution in [2.45, 2.75) is 20.0 Å². The van der Waals surface area contributed by atoms with Gasteiger partial charge in [-0.05, 0) is 24.2 Å². The number of furan rings is 1. The highest BCUT2D eigenvalue weighted by atomic mass is 16.3. The van der Waals surface area contributed by atoms with E-state index in [2.05, 4.69) is 32.3 Å². The summed E-state index contributed by atoms with van der Waals surface area (Å²) in [6.07, 6.45) is 5.03. The number of nitrogens with one attached hydrogen (secondary N) is 2. The lowest BCUT2D eigenvalue weighted by molar-refractivity contribution is 0.240. The molecular weight excluding hydrogens is 318 g/mol. The molecule has 2 amide bonds. The molecular formula is C18H25N5O2. The van der Waals surface area contributed by atoms with E-state index in [0.717, 1.165) is 49.7 Å². The van der Waals surface area contributed by atoms with Crippen LogP contribution in [0.25, 0.3) is 0 Å². The number of pyridine rings is 1. The van der Waals surface area contributed by atoms with Crippen LogP contribution < -0.4 is 15.5 Å².